The van der Waals surface area contributed by atoms with Crippen molar-refractivity contribution in [2.24, 2.45) is 0 Å². The predicted octanol–water partition coefficient (Wildman–Crippen LogP) is 0.814. The van der Waals surface area contributed by atoms with E-state index < -0.39 is 5.82 Å². The molecule has 0 radical (unpaired) electrons. The summed E-state index contributed by atoms with van der Waals surface area (Å²) in [6, 6.07) is 4.26. The maximum absolute atomic E-state index is 13.5. The third-order valence-electron chi connectivity index (χ3n) is 3.31. The number of nitrogens with one attached hydrogen (secondary N) is 1. The lowest BCUT2D eigenvalue weighted by atomic mass is 10.2. The van der Waals surface area contributed by atoms with E-state index in [-0.39, 0.29) is 28.4 Å². The van der Waals surface area contributed by atoms with Gasteiger partial charge in [-0.05, 0) is 18.6 Å². The van der Waals surface area contributed by atoms with Gasteiger partial charge in [0.15, 0.2) is 0 Å². The van der Waals surface area contributed by atoms with E-state index in [2.05, 4.69) is 10.3 Å². The molecular weight excluding hydrogens is 249 g/mol. The molecule has 1 aromatic heterocycles. The van der Waals surface area contributed by atoms with E-state index in [1.807, 2.05) is 0 Å². The van der Waals surface area contributed by atoms with Gasteiger partial charge in [-0.2, -0.15) is 0 Å². The van der Waals surface area contributed by atoms with Gasteiger partial charge in [0.05, 0.1) is 11.7 Å². The van der Waals surface area contributed by atoms with Crippen LogP contribution in [0, 0.1) is 5.82 Å². The first-order valence-electron chi connectivity index (χ1n) is 6.08. The van der Waals surface area contributed by atoms with Gasteiger partial charge in [0.2, 0.25) is 5.91 Å². The number of nitrogens with zero attached hydrogens (tertiary/aromatic N) is 2. The third kappa shape index (κ3) is 2.09. The average Bonchev–Trinajstić information content (AvgIpc) is 2.79. The number of para-hydroxylation sites is 1. The molecule has 2 heterocycles. The van der Waals surface area contributed by atoms with Crippen LogP contribution in [0.25, 0.3) is 10.9 Å². The highest BCUT2D eigenvalue weighted by Crippen LogP contribution is 2.12. The van der Waals surface area contributed by atoms with Gasteiger partial charge >= 0.3 is 0 Å². The zero-order valence-electron chi connectivity index (χ0n) is 10.1. The van der Waals surface area contributed by atoms with Crippen molar-refractivity contribution in [3.8, 4) is 0 Å². The van der Waals surface area contributed by atoms with Gasteiger partial charge in [0.25, 0.3) is 5.56 Å². The van der Waals surface area contributed by atoms with Crippen LogP contribution in [-0.4, -0.2) is 21.5 Å². The van der Waals surface area contributed by atoms with E-state index in [4.69, 9.17) is 0 Å². The molecule has 1 N–H and O–H groups in total. The number of amides is 1. The van der Waals surface area contributed by atoms with Gasteiger partial charge in [0.1, 0.15) is 11.3 Å². The highest BCUT2D eigenvalue weighted by Gasteiger charge is 2.21. The summed E-state index contributed by atoms with van der Waals surface area (Å²) in [5.74, 6) is -0.506. The molecule has 0 spiro atoms. The van der Waals surface area contributed by atoms with Crippen LogP contribution in [0.15, 0.2) is 29.3 Å². The summed E-state index contributed by atoms with van der Waals surface area (Å²) < 4.78 is 14.9. The number of benzene rings is 1. The summed E-state index contributed by atoms with van der Waals surface area (Å²) in [6.45, 7) is 0.365. The van der Waals surface area contributed by atoms with Crippen LogP contribution in [0.1, 0.15) is 12.8 Å². The van der Waals surface area contributed by atoms with E-state index in [9.17, 15) is 14.0 Å². The van der Waals surface area contributed by atoms with E-state index in [1.54, 1.807) is 6.07 Å². The van der Waals surface area contributed by atoms with Gasteiger partial charge in [0, 0.05) is 19.0 Å². The molecule has 5 nitrogen and oxygen atoms in total. The smallest absolute Gasteiger partial charge is 0.261 e. The standard InChI is InChI=1S/C13H12FN3O2/c14-10-3-1-2-9-12(10)15-7-17(13(9)19)6-8-4-5-11(18)16-8/h1-3,7-8H,4-6H2,(H,16,18). The second kappa shape index (κ2) is 4.46. The molecule has 1 atom stereocenters. The maximum Gasteiger partial charge on any atom is 0.261 e. The Balaban J connectivity index is 1.99. The summed E-state index contributed by atoms with van der Waals surface area (Å²) >= 11 is 0. The molecule has 0 bridgehead atoms. The topological polar surface area (TPSA) is 64.0 Å². The fraction of sp³-hybridized carbons (Fsp3) is 0.308. The lowest BCUT2D eigenvalue weighted by molar-refractivity contribution is -0.119. The lowest BCUT2D eigenvalue weighted by Crippen LogP contribution is -2.34. The minimum atomic E-state index is -0.504. The fourth-order valence-electron chi connectivity index (χ4n) is 2.34. The molecule has 0 aliphatic carbocycles. The van der Waals surface area contributed by atoms with Crippen molar-refractivity contribution in [2.75, 3.05) is 0 Å². The molecule has 6 heteroatoms. The Hall–Kier alpha value is -2.24. The lowest BCUT2D eigenvalue weighted by Gasteiger charge is -2.12. The SMILES string of the molecule is O=C1CCC(Cn2cnc3c(F)cccc3c2=O)N1. The zero-order valence-corrected chi connectivity index (χ0v) is 10.1. The Bertz CT molecular complexity index is 711. The molecule has 19 heavy (non-hydrogen) atoms. The summed E-state index contributed by atoms with van der Waals surface area (Å²) in [5.41, 5.74) is -0.204. The fourth-order valence-corrected chi connectivity index (χ4v) is 2.34. The first-order chi connectivity index (χ1) is 9.15. The van der Waals surface area contributed by atoms with Crippen molar-refractivity contribution >= 4 is 16.8 Å². The normalized spacial score (nSPS) is 18.8. The van der Waals surface area contributed by atoms with Crippen LogP contribution in [-0.2, 0) is 11.3 Å². The molecule has 1 aliphatic rings. The molecule has 1 amide bonds. The predicted molar refractivity (Wildman–Crippen MR) is 67.1 cm³/mol. The van der Waals surface area contributed by atoms with Crippen molar-refractivity contribution in [1.82, 2.24) is 14.9 Å². The molecule has 1 fully saturated rings. The van der Waals surface area contributed by atoms with Crippen molar-refractivity contribution in [3.63, 3.8) is 0 Å². The van der Waals surface area contributed by atoms with Crippen molar-refractivity contribution in [3.05, 3.63) is 40.7 Å². The number of carbonyl (C=O) groups excluding carboxylic acids is 1. The third-order valence-corrected chi connectivity index (χ3v) is 3.31. The molecule has 0 saturated carbocycles. The molecule has 2 aromatic rings. The molecule has 1 unspecified atom stereocenters. The summed E-state index contributed by atoms with van der Waals surface area (Å²) in [4.78, 5) is 27.3. The van der Waals surface area contributed by atoms with Crippen LogP contribution < -0.4 is 10.9 Å². The highest BCUT2D eigenvalue weighted by atomic mass is 19.1. The molecule has 1 aromatic carbocycles. The first-order valence-corrected chi connectivity index (χ1v) is 6.08. The van der Waals surface area contributed by atoms with E-state index >= 15 is 0 Å². The molecule has 98 valence electrons. The molecule has 1 saturated heterocycles. The van der Waals surface area contributed by atoms with Crippen LogP contribution >= 0.6 is 0 Å². The van der Waals surface area contributed by atoms with Gasteiger partial charge in [-0.1, -0.05) is 6.07 Å². The van der Waals surface area contributed by atoms with Crippen LogP contribution in [0.4, 0.5) is 4.39 Å². The average molecular weight is 261 g/mol. The van der Waals surface area contributed by atoms with Gasteiger partial charge in [-0.25, -0.2) is 9.37 Å². The first kappa shape index (κ1) is 11.8. The Morgan fingerprint density at radius 3 is 3.00 bits per heavy atom. The van der Waals surface area contributed by atoms with Crippen LogP contribution in [0.5, 0.6) is 0 Å². The van der Waals surface area contributed by atoms with Gasteiger partial charge in [-0.3, -0.25) is 14.2 Å². The van der Waals surface area contributed by atoms with Gasteiger partial charge in [-0.15, -0.1) is 0 Å². The van der Waals surface area contributed by atoms with E-state index in [1.165, 1.54) is 23.0 Å². The molecule has 3 rings (SSSR count). The number of hydrogen-bond acceptors (Lipinski definition) is 3. The number of aromatic nitrogens is 2. The quantitative estimate of drug-likeness (QED) is 0.870. The Morgan fingerprint density at radius 2 is 2.26 bits per heavy atom. The number of rotatable bonds is 2. The number of carbonyl (C=O) groups is 1. The number of hydrogen-bond donors (Lipinski definition) is 1. The minimum absolute atomic E-state index is 0.00200. The van der Waals surface area contributed by atoms with Crippen molar-refractivity contribution in [2.45, 2.75) is 25.4 Å². The zero-order chi connectivity index (χ0) is 13.4. The van der Waals surface area contributed by atoms with Crippen LogP contribution in [0.2, 0.25) is 0 Å². The maximum atomic E-state index is 13.5. The summed E-state index contributed by atoms with van der Waals surface area (Å²) in [6.07, 6.45) is 2.51. The number of fused-ring (bicyclic) bond motifs is 1. The molecule has 1 aliphatic heterocycles. The second-order valence-electron chi connectivity index (χ2n) is 4.64. The Morgan fingerprint density at radius 1 is 1.42 bits per heavy atom. The van der Waals surface area contributed by atoms with E-state index in [0.29, 0.717) is 19.4 Å². The number of halogens is 1. The Kier molecular flexibility index (Phi) is 2.77. The largest absolute Gasteiger partial charge is 0.352 e. The highest BCUT2D eigenvalue weighted by molar-refractivity contribution is 5.78. The monoisotopic (exact) mass is 261 g/mol. The molecular formula is C13H12FN3O2. The second-order valence-corrected chi connectivity index (χ2v) is 4.64. The summed E-state index contributed by atoms with van der Waals surface area (Å²) in [5, 5.41) is 3.04. The van der Waals surface area contributed by atoms with E-state index in [0.717, 1.165) is 0 Å². The van der Waals surface area contributed by atoms with Crippen LogP contribution in [0.3, 0.4) is 0 Å². The van der Waals surface area contributed by atoms with Gasteiger partial charge < -0.3 is 5.32 Å². The van der Waals surface area contributed by atoms with Crippen molar-refractivity contribution in [1.29, 1.82) is 0 Å². The Labute approximate surface area is 108 Å². The minimum Gasteiger partial charge on any atom is -0.352 e. The summed E-state index contributed by atoms with van der Waals surface area (Å²) in [7, 11) is 0. The van der Waals surface area contributed by atoms with Crippen molar-refractivity contribution < 1.29 is 9.18 Å².